The maximum absolute atomic E-state index is 4.64. The van der Waals surface area contributed by atoms with Crippen LogP contribution < -0.4 is 5.32 Å². The lowest BCUT2D eigenvalue weighted by Gasteiger charge is -2.33. The highest BCUT2D eigenvalue weighted by atomic mass is 32.1. The van der Waals surface area contributed by atoms with Crippen LogP contribution in [0.2, 0.25) is 0 Å². The Hall–Kier alpha value is -0.410. The molecule has 2 aliphatic rings. The molecule has 2 heterocycles. The molecule has 1 N–H and O–H groups in total. The highest BCUT2D eigenvalue weighted by Gasteiger charge is 2.39. The second kappa shape index (κ2) is 3.04. The molecule has 3 heteroatoms. The molecule has 1 fully saturated rings. The molecule has 0 radical (unpaired) electrons. The number of thiazole rings is 1. The number of rotatable bonds is 0. The van der Waals surface area contributed by atoms with Crippen molar-refractivity contribution in [1.82, 2.24) is 10.3 Å². The Morgan fingerprint density at radius 2 is 2.07 bits per heavy atom. The topological polar surface area (TPSA) is 24.9 Å². The summed E-state index contributed by atoms with van der Waals surface area (Å²) in [4.78, 5) is 6.21. The Morgan fingerprint density at radius 1 is 1.29 bits per heavy atom. The zero-order chi connectivity index (χ0) is 9.60. The van der Waals surface area contributed by atoms with Gasteiger partial charge in [0.2, 0.25) is 0 Å². The molecule has 1 aromatic heterocycles. The zero-order valence-corrected chi connectivity index (χ0v) is 9.41. The Balaban J connectivity index is 1.86. The quantitative estimate of drug-likeness (QED) is 0.704. The van der Waals surface area contributed by atoms with Gasteiger partial charge in [-0.25, -0.2) is 4.98 Å². The number of piperidine rings is 1. The van der Waals surface area contributed by atoms with Gasteiger partial charge in [-0.05, 0) is 51.1 Å². The van der Waals surface area contributed by atoms with E-state index >= 15 is 0 Å². The van der Waals surface area contributed by atoms with Crippen molar-refractivity contribution in [3.05, 3.63) is 15.6 Å². The second-order valence-corrected chi connectivity index (χ2v) is 5.99. The van der Waals surface area contributed by atoms with E-state index in [4.69, 9.17) is 0 Å². The lowest BCUT2D eigenvalue weighted by molar-refractivity contribution is 0.215. The molecule has 2 nitrogen and oxygen atoms in total. The molecule has 1 aliphatic carbocycles. The van der Waals surface area contributed by atoms with Crippen LogP contribution in [0.3, 0.4) is 0 Å². The SMILES string of the molecule is Cc1nc2c(s1)CC1(CCNCC1)C2. The molecule has 1 aromatic rings. The fourth-order valence-corrected chi connectivity index (χ4v) is 3.98. The van der Waals surface area contributed by atoms with Crippen molar-refractivity contribution in [3.63, 3.8) is 0 Å². The molecule has 0 aromatic carbocycles. The van der Waals surface area contributed by atoms with Crippen molar-refractivity contribution in [2.45, 2.75) is 32.6 Å². The molecule has 0 amide bonds. The summed E-state index contributed by atoms with van der Waals surface area (Å²) in [6.45, 7) is 4.53. The van der Waals surface area contributed by atoms with Crippen LogP contribution in [0.4, 0.5) is 0 Å². The summed E-state index contributed by atoms with van der Waals surface area (Å²) in [6, 6.07) is 0. The molecule has 1 spiro atoms. The van der Waals surface area contributed by atoms with Crippen molar-refractivity contribution in [1.29, 1.82) is 0 Å². The van der Waals surface area contributed by atoms with Crippen LogP contribution >= 0.6 is 11.3 Å². The first-order valence-corrected chi connectivity index (χ1v) is 6.25. The van der Waals surface area contributed by atoms with Crippen LogP contribution in [0.25, 0.3) is 0 Å². The average Bonchev–Trinajstić information content (AvgIpc) is 2.60. The third kappa shape index (κ3) is 1.30. The number of aryl methyl sites for hydroxylation is 1. The Labute approximate surface area is 88.7 Å². The number of aromatic nitrogens is 1. The monoisotopic (exact) mass is 208 g/mol. The van der Waals surface area contributed by atoms with Crippen LogP contribution in [0.1, 0.15) is 28.4 Å². The van der Waals surface area contributed by atoms with Crippen LogP contribution in [-0.2, 0) is 12.8 Å². The molecule has 0 bridgehead atoms. The summed E-state index contributed by atoms with van der Waals surface area (Å²) < 4.78 is 0. The maximum atomic E-state index is 4.64. The third-order valence-electron chi connectivity index (χ3n) is 3.63. The van der Waals surface area contributed by atoms with E-state index in [1.54, 1.807) is 4.88 Å². The highest BCUT2D eigenvalue weighted by molar-refractivity contribution is 7.11. The number of hydrogen-bond donors (Lipinski definition) is 1. The van der Waals surface area contributed by atoms with Crippen molar-refractivity contribution < 1.29 is 0 Å². The Kier molecular flexibility index (Phi) is 1.92. The summed E-state index contributed by atoms with van der Waals surface area (Å²) in [5.74, 6) is 0. The molecule has 14 heavy (non-hydrogen) atoms. The number of nitrogens with zero attached hydrogens (tertiary/aromatic N) is 1. The second-order valence-electron chi connectivity index (χ2n) is 4.71. The Morgan fingerprint density at radius 3 is 2.79 bits per heavy atom. The lowest BCUT2D eigenvalue weighted by atomic mass is 9.77. The Bertz CT molecular complexity index is 325. The zero-order valence-electron chi connectivity index (χ0n) is 8.60. The van der Waals surface area contributed by atoms with Gasteiger partial charge in [0.05, 0.1) is 10.7 Å². The minimum Gasteiger partial charge on any atom is -0.317 e. The first-order chi connectivity index (χ1) is 6.77. The van der Waals surface area contributed by atoms with E-state index in [0.29, 0.717) is 5.41 Å². The van der Waals surface area contributed by atoms with E-state index < -0.39 is 0 Å². The van der Waals surface area contributed by atoms with Gasteiger partial charge in [0.15, 0.2) is 0 Å². The van der Waals surface area contributed by atoms with Gasteiger partial charge in [-0.1, -0.05) is 0 Å². The van der Waals surface area contributed by atoms with E-state index in [0.717, 1.165) is 0 Å². The van der Waals surface area contributed by atoms with Crippen LogP contribution in [0.15, 0.2) is 0 Å². The van der Waals surface area contributed by atoms with Gasteiger partial charge in [-0.2, -0.15) is 0 Å². The van der Waals surface area contributed by atoms with Crippen molar-refractivity contribution in [2.75, 3.05) is 13.1 Å². The molecular formula is C11H16N2S. The van der Waals surface area contributed by atoms with E-state index in [1.807, 2.05) is 11.3 Å². The van der Waals surface area contributed by atoms with Crippen LogP contribution in [0, 0.1) is 12.3 Å². The lowest BCUT2D eigenvalue weighted by Crippen LogP contribution is -2.37. The predicted molar refractivity (Wildman–Crippen MR) is 58.8 cm³/mol. The van der Waals surface area contributed by atoms with Crippen molar-refractivity contribution >= 4 is 11.3 Å². The summed E-state index contributed by atoms with van der Waals surface area (Å²) in [7, 11) is 0. The van der Waals surface area contributed by atoms with E-state index in [-0.39, 0.29) is 0 Å². The highest BCUT2D eigenvalue weighted by Crippen LogP contribution is 2.44. The molecule has 1 saturated heterocycles. The van der Waals surface area contributed by atoms with Crippen molar-refractivity contribution in [3.8, 4) is 0 Å². The largest absolute Gasteiger partial charge is 0.317 e. The van der Waals surface area contributed by atoms with Crippen LogP contribution in [0.5, 0.6) is 0 Å². The first-order valence-electron chi connectivity index (χ1n) is 5.43. The van der Waals surface area contributed by atoms with Gasteiger partial charge in [-0.15, -0.1) is 11.3 Å². The fraction of sp³-hybridized carbons (Fsp3) is 0.727. The third-order valence-corrected chi connectivity index (χ3v) is 4.64. The van der Waals surface area contributed by atoms with Crippen LogP contribution in [-0.4, -0.2) is 18.1 Å². The molecule has 1 aliphatic heterocycles. The minimum atomic E-state index is 0.590. The first kappa shape index (κ1) is 8.86. The van der Waals surface area contributed by atoms with Gasteiger partial charge in [0.25, 0.3) is 0 Å². The molecular weight excluding hydrogens is 192 g/mol. The number of nitrogens with one attached hydrogen (secondary N) is 1. The fourth-order valence-electron chi connectivity index (χ4n) is 2.86. The van der Waals surface area contributed by atoms with Gasteiger partial charge in [-0.3, -0.25) is 0 Å². The normalized spacial score (nSPS) is 24.1. The molecule has 0 saturated carbocycles. The minimum absolute atomic E-state index is 0.590. The van der Waals surface area contributed by atoms with Gasteiger partial charge >= 0.3 is 0 Å². The van der Waals surface area contributed by atoms with Gasteiger partial charge in [0.1, 0.15) is 0 Å². The molecule has 0 atom stereocenters. The standard InChI is InChI=1S/C11H16N2S/c1-8-13-9-6-11(7-10(9)14-8)2-4-12-5-3-11/h12H,2-7H2,1H3. The summed E-state index contributed by atoms with van der Waals surface area (Å²) >= 11 is 1.91. The number of fused-ring (bicyclic) bond motifs is 1. The summed E-state index contributed by atoms with van der Waals surface area (Å²) in [5.41, 5.74) is 2.00. The predicted octanol–water partition coefficient (Wildman–Crippen LogP) is 1.92. The summed E-state index contributed by atoms with van der Waals surface area (Å²) in [5, 5.41) is 4.70. The van der Waals surface area contributed by atoms with Gasteiger partial charge < -0.3 is 5.32 Å². The molecule has 0 unspecified atom stereocenters. The van der Waals surface area contributed by atoms with E-state index in [9.17, 15) is 0 Å². The van der Waals surface area contributed by atoms with E-state index in [1.165, 1.54) is 49.5 Å². The molecule has 3 rings (SSSR count). The number of hydrogen-bond acceptors (Lipinski definition) is 3. The summed E-state index contributed by atoms with van der Waals surface area (Å²) in [6.07, 6.45) is 5.23. The van der Waals surface area contributed by atoms with Crippen molar-refractivity contribution in [2.24, 2.45) is 5.41 Å². The van der Waals surface area contributed by atoms with E-state index in [2.05, 4.69) is 17.2 Å². The smallest absolute Gasteiger partial charge is 0.0900 e. The maximum Gasteiger partial charge on any atom is 0.0900 e. The molecule has 76 valence electrons. The average molecular weight is 208 g/mol. The van der Waals surface area contributed by atoms with Gasteiger partial charge in [0, 0.05) is 4.88 Å².